The molecule has 0 radical (unpaired) electrons. The van der Waals surface area contributed by atoms with Crippen molar-refractivity contribution < 1.29 is 9.59 Å². The third kappa shape index (κ3) is 5.35. The van der Waals surface area contributed by atoms with Gasteiger partial charge in [0.05, 0.1) is 17.1 Å². The van der Waals surface area contributed by atoms with Crippen molar-refractivity contribution in [2.45, 2.75) is 25.8 Å². The molecule has 8 heteroatoms. The van der Waals surface area contributed by atoms with Gasteiger partial charge in [-0.2, -0.15) is 0 Å². The Morgan fingerprint density at radius 2 is 1.66 bits per heavy atom. The Labute approximate surface area is 235 Å². The van der Waals surface area contributed by atoms with Crippen molar-refractivity contribution in [3.05, 3.63) is 112 Å². The van der Waals surface area contributed by atoms with Crippen LogP contribution >= 0.6 is 27.5 Å². The Morgan fingerprint density at radius 1 is 0.947 bits per heavy atom. The van der Waals surface area contributed by atoms with Crippen LogP contribution in [0.25, 0.3) is 5.69 Å². The summed E-state index contributed by atoms with van der Waals surface area (Å²) in [6.07, 6.45) is 3.71. The third-order valence-electron chi connectivity index (χ3n) is 6.66. The number of carbonyl (C=O) groups excluding carboxylic acids is 2. The molecule has 3 amide bonds. The fourth-order valence-corrected chi connectivity index (χ4v) is 5.19. The summed E-state index contributed by atoms with van der Waals surface area (Å²) in [5.41, 5.74) is 4.30. The zero-order chi connectivity index (χ0) is 26.6. The Balaban J connectivity index is 1.49. The summed E-state index contributed by atoms with van der Waals surface area (Å²) in [4.78, 5) is 30.9. The van der Waals surface area contributed by atoms with Gasteiger partial charge in [0.2, 0.25) is 5.91 Å². The molecule has 0 saturated carbocycles. The smallest absolute Gasteiger partial charge is 0.316 e. The van der Waals surface area contributed by atoms with Crippen LogP contribution in [0, 0.1) is 0 Å². The summed E-state index contributed by atoms with van der Waals surface area (Å²) < 4.78 is 3.04. The van der Waals surface area contributed by atoms with E-state index in [1.807, 2.05) is 96.0 Å². The fraction of sp³-hybridized carbons (Fsp3) is 0.200. The number of hydrogen-bond donors (Lipinski definition) is 1. The lowest BCUT2D eigenvalue weighted by molar-refractivity contribution is -0.119. The number of fused-ring (bicyclic) bond motifs is 3. The number of anilines is 2. The average Bonchev–Trinajstić information content (AvgIpc) is 3.42. The predicted octanol–water partition coefficient (Wildman–Crippen LogP) is 7.66. The molecule has 1 aliphatic heterocycles. The van der Waals surface area contributed by atoms with Gasteiger partial charge in [-0.1, -0.05) is 65.1 Å². The number of halogens is 2. The molecule has 1 N–H and O–H groups in total. The van der Waals surface area contributed by atoms with Crippen molar-refractivity contribution in [1.82, 2.24) is 9.47 Å². The second-order valence-corrected chi connectivity index (χ2v) is 10.6. The van der Waals surface area contributed by atoms with Gasteiger partial charge in [-0.05, 0) is 72.6 Å². The molecule has 2 heterocycles. The standard InChI is InChI=1S/C30H28BrClN4O2/c1-2-3-18-34(30(38)33-24-16-12-22(31)13-17-24)20-28(37)36-26-8-5-4-7-25(26)35-19-6-9-27(35)29(36)21-10-14-23(32)15-11-21/h4-17,19,29H,2-3,18,20H2,1H3,(H,33,38). The molecule has 1 unspecified atom stereocenters. The maximum atomic E-state index is 14.2. The molecule has 194 valence electrons. The Bertz CT molecular complexity index is 1440. The molecule has 0 saturated heterocycles. The maximum absolute atomic E-state index is 14.2. The zero-order valence-electron chi connectivity index (χ0n) is 21.0. The highest BCUT2D eigenvalue weighted by Gasteiger charge is 2.36. The first-order chi connectivity index (χ1) is 18.5. The SMILES string of the molecule is CCCCN(CC(=O)N1c2ccccc2-n2cccc2C1c1ccc(Cl)cc1)C(=O)Nc1ccc(Br)cc1. The van der Waals surface area contributed by atoms with Crippen LogP contribution in [-0.2, 0) is 4.79 Å². The van der Waals surface area contributed by atoms with E-state index >= 15 is 0 Å². The molecular weight excluding hydrogens is 564 g/mol. The fourth-order valence-electron chi connectivity index (χ4n) is 4.80. The van der Waals surface area contributed by atoms with Crippen LogP contribution in [0.3, 0.4) is 0 Å². The maximum Gasteiger partial charge on any atom is 0.322 e. The van der Waals surface area contributed by atoms with E-state index in [2.05, 4.69) is 32.7 Å². The second kappa shape index (κ2) is 11.5. The number of para-hydroxylation sites is 2. The predicted molar refractivity (Wildman–Crippen MR) is 156 cm³/mol. The number of urea groups is 1. The number of unbranched alkanes of at least 4 members (excludes halogenated alkanes) is 1. The first kappa shape index (κ1) is 26.1. The van der Waals surface area contributed by atoms with Crippen molar-refractivity contribution in [3.8, 4) is 5.69 Å². The number of nitrogens with zero attached hydrogens (tertiary/aromatic N) is 3. The van der Waals surface area contributed by atoms with E-state index < -0.39 is 0 Å². The Morgan fingerprint density at radius 3 is 2.37 bits per heavy atom. The monoisotopic (exact) mass is 590 g/mol. The lowest BCUT2D eigenvalue weighted by Gasteiger charge is -2.39. The topological polar surface area (TPSA) is 57.6 Å². The number of aromatic nitrogens is 1. The minimum Gasteiger partial charge on any atom is -0.316 e. The molecule has 0 fully saturated rings. The second-order valence-electron chi connectivity index (χ2n) is 9.22. The highest BCUT2D eigenvalue weighted by atomic mass is 79.9. The molecule has 0 spiro atoms. The molecule has 38 heavy (non-hydrogen) atoms. The van der Waals surface area contributed by atoms with Crippen LogP contribution in [0.15, 0.2) is 95.6 Å². The van der Waals surface area contributed by atoms with Gasteiger partial charge >= 0.3 is 6.03 Å². The van der Waals surface area contributed by atoms with Gasteiger partial charge in [-0.15, -0.1) is 0 Å². The number of nitrogens with one attached hydrogen (secondary N) is 1. The summed E-state index contributed by atoms with van der Waals surface area (Å²) in [5.74, 6) is -0.160. The molecule has 1 aromatic heterocycles. The van der Waals surface area contributed by atoms with Crippen molar-refractivity contribution in [3.63, 3.8) is 0 Å². The normalized spacial score (nSPS) is 14.0. The van der Waals surface area contributed by atoms with Gasteiger partial charge in [0, 0.05) is 27.9 Å². The summed E-state index contributed by atoms with van der Waals surface area (Å²) >= 11 is 9.62. The third-order valence-corrected chi connectivity index (χ3v) is 7.44. The molecule has 1 aliphatic rings. The molecule has 1 atom stereocenters. The highest BCUT2D eigenvalue weighted by Crippen LogP contribution is 2.42. The van der Waals surface area contributed by atoms with Gasteiger partial charge in [0.25, 0.3) is 0 Å². The van der Waals surface area contributed by atoms with Crippen LogP contribution < -0.4 is 10.2 Å². The zero-order valence-corrected chi connectivity index (χ0v) is 23.3. The van der Waals surface area contributed by atoms with Crippen LogP contribution in [0.5, 0.6) is 0 Å². The Kier molecular flexibility index (Phi) is 7.86. The van der Waals surface area contributed by atoms with Gasteiger partial charge in [0.15, 0.2) is 0 Å². The van der Waals surface area contributed by atoms with E-state index in [0.717, 1.165) is 39.9 Å². The minimum atomic E-state index is -0.368. The van der Waals surface area contributed by atoms with E-state index in [1.54, 1.807) is 4.90 Å². The van der Waals surface area contributed by atoms with Gasteiger partial charge in [0.1, 0.15) is 12.6 Å². The quantitative estimate of drug-likeness (QED) is 0.240. The van der Waals surface area contributed by atoms with Crippen molar-refractivity contribution >= 4 is 50.8 Å². The number of benzene rings is 3. The first-order valence-electron chi connectivity index (χ1n) is 12.6. The van der Waals surface area contributed by atoms with Crippen LogP contribution in [0.2, 0.25) is 5.02 Å². The average molecular weight is 592 g/mol. The summed E-state index contributed by atoms with van der Waals surface area (Å²) in [7, 11) is 0. The lowest BCUT2D eigenvalue weighted by Crippen LogP contribution is -2.48. The van der Waals surface area contributed by atoms with Gasteiger partial charge in [-0.25, -0.2) is 4.79 Å². The molecule has 5 rings (SSSR count). The lowest BCUT2D eigenvalue weighted by atomic mass is 9.97. The number of amides is 3. The Hall–Kier alpha value is -3.55. The number of carbonyl (C=O) groups is 2. The van der Waals surface area contributed by atoms with Crippen LogP contribution in [0.1, 0.15) is 37.1 Å². The van der Waals surface area contributed by atoms with Crippen LogP contribution in [0.4, 0.5) is 16.2 Å². The van der Waals surface area contributed by atoms with E-state index in [4.69, 9.17) is 11.6 Å². The van der Waals surface area contributed by atoms with Crippen molar-refractivity contribution in [2.24, 2.45) is 0 Å². The van der Waals surface area contributed by atoms with Gasteiger partial charge < -0.3 is 14.8 Å². The largest absolute Gasteiger partial charge is 0.322 e. The van der Waals surface area contributed by atoms with E-state index in [9.17, 15) is 9.59 Å². The minimum absolute atomic E-state index is 0.0541. The number of rotatable bonds is 7. The van der Waals surface area contributed by atoms with Crippen molar-refractivity contribution in [2.75, 3.05) is 23.3 Å². The van der Waals surface area contributed by atoms with E-state index in [0.29, 0.717) is 17.3 Å². The summed E-state index contributed by atoms with van der Waals surface area (Å²) in [6.45, 7) is 2.49. The van der Waals surface area contributed by atoms with Gasteiger partial charge in [-0.3, -0.25) is 9.69 Å². The molecular formula is C30H28BrClN4O2. The molecule has 3 aromatic carbocycles. The number of hydrogen-bond acceptors (Lipinski definition) is 2. The summed E-state index contributed by atoms with van der Waals surface area (Å²) in [5, 5.41) is 3.58. The molecule has 0 bridgehead atoms. The molecule has 4 aromatic rings. The van der Waals surface area contributed by atoms with Crippen LogP contribution in [-0.4, -0.2) is 34.5 Å². The molecule has 6 nitrogen and oxygen atoms in total. The summed E-state index contributed by atoms with van der Waals surface area (Å²) in [6, 6.07) is 26.2. The van der Waals surface area contributed by atoms with E-state index in [-0.39, 0.29) is 24.5 Å². The molecule has 0 aliphatic carbocycles. The first-order valence-corrected chi connectivity index (χ1v) is 13.8. The van der Waals surface area contributed by atoms with E-state index in [1.165, 1.54) is 0 Å². The highest BCUT2D eigenvalue weighted by molar-refractivity contribution is 9.10. The van der Waals surface area contributed by atoms with Crippen molar-refractivity contribution in [1.29, 1.82) is 0 Å².